The van der Waals surface area contributed by atoms with E-state index in [1.807, 2.05) is 0 Å². The molecule has 14 heavy (non-hydrogen) atoms. The zero-order valence-corrected chi connectivity index (χ0v) is 8.19. The van der Waals surface area contributed by atoms with Crippen molar-refractivity contribution in [3.8, 4) is 12.3 Å². The van der Waals surface area contributed by atoms with Gasteiger partial charge in [0, 0.05) is 19.4 Å². The molecule has 0 bridgehead atoms. The van der Waals surface area contributed by atoms with Gasteiger partial charge in [-0.15, -0.1) is 12.3 Å². The molecule has 2 aliphatic rings. The summed E-state index contributed by atoms with van der Waals surface area (Å²) in [5.74, 6) is 2.54. The molecule has 0 spiro atoms. The van der Waals surface area contributed by atoms with Crippen molar-refractivity contribution in [2.45, 2.75) is 50.1 Å². The van der Waals surface area contributed by atoms with Gasteiger partial charge >= 0.3 is 0 Å². The first-order valence-electron chi connectivity index (χ1n) is 5.20. The first kappa shape index (κ1) is 9.97. The number of hydrogen-bond acceptors (Lipinski definition) is 3. The number of rotatable bonds is 1. The maximum Gasteiger partial charge on any atom is 0.0948 e. The fourth-order valence-corrected chi connectivity index (χ4v) is 2.19. The highest BCUT2D eigenvalue weighted by molar-refractivity contribution is 4.95. The van der Waals surface area contributed by atoms with Crippen LogP contribution in [0.4, 0.5) is 0 Å². The Morgan fingerprint density at radius 1 is 1.43 bits per heavy atom. The van der Waals surface area contributed by atoms with Crippen molar-refractivity contribution in [1.82, 2.24) is 0 Å². The van der Waals surface area contributed by atoms with Gasteiger partial charge in [-0.1, -0.05) is 0 Å². The van der Waals surface area contributed by atoms with E-state index >= 15 is 0 Å². The molecular weight excluding hydrogens is 180 g/mol. The van der Waals surface area contributed by atoms with Crippen LogP contribution in [0.15, 0.2) is 0 Å². The third-order valence-corrected chi connectivity index (χ3v) is 2.95. The Hall–Kier alpha value is -0.560. The van der Waals surface area contributed by atoms with Gasteiger partial charge in [-0.2, -0.15) is 0 Å². The molecule has 3 heteroatoms. The second-order valence-electron chi connectivity index (χ2n) is 3.98. The zero-order valence-electron chi connectivity index (χ0n) is 8.19. The zero-order chi connectivity index (χ0) is 9.97. The lowest BCUT2D eigenvalue weighted by Gasteiger charge is -2.41. The summed E-state index contributed by atoms with van der Waals surface area (Å²) in [5.41, 5.74) is 0. The molecule has 0 aromatic rings. The van der Waals surface area contributed by atoms with Crippen LogP contribution in [0, 0.1) is 12.3 Å². The molecule has 0 amide bonds. The van der Waals surface area contributed by atoms with Crippen molar-refractivity contribution in [1.29, 1.82) is 0 Å². The first-order chi connectivity index (χ1) is 6.81. The van der Waals surface area contributed by atoms with E-state index in [0.29, 0.717) is 12.8 Å². The van der Waals surface area contributed by atoms with E-state index in [2.05, 4.69) is 5.92 Å². The molecule has 0 aromatic carbocycles. The fourth-order valence-electron chi connectivity index (χ4n) is 2.19. The number of aliphatic hydroxyl groups is 1. The highest BCUT2D eigenvalue weighted by Gasteiger charge is 2.38. The summed E-state index contributed by atoms with van der Waals surface area (Å²) in [6.45, 7) is 0.789. The Morgan fingerprint density at radius 2 is 2.29 bits per heavy atom. The Bertz CT molecular complexity index is 233. The van der Waals surface area contributed by atoms with Crippen LogP contribution in [0.25, 0.3) is 0 Å². The minimum atomic E-state index is -0.467. The molecule has 2 rings (SSSR count). The third-order valence-electron chi connectivity index (χ3n) is 2.95. The van der Waals surface area contributed by atoms with Gasteiger partial charge in [0.2, 0.25) is 0 Å². The van der Waals surface area contributed by atoms with Crippen molar-refractivity contribution < 1.29 is 14.6 Å². The number of hydrogen-bond donors (Lipinski definition) is 1. The van der Waals surface area contributed by atoms with E-state index in [-0.39, 0.29) is 18.3 Å². The molecule has 4 atom stereocenters. The molecular formula is C11H16O3. The van der Waals surface area contributed by atoms with Crippen LogP contribution in [-0.4, -0.2) is 36.1 Å². The van der Waals surface area contributed by atoms with Crippen LogP contribution in [0.5, 0.6) is 0 Å². The molecule has 3 nitrogen and oxygen atoms in total. The summed E-state index contributed by atoms with van der Waals surface area (Å²) in [5, 5.41) is 9.74. The number of terminal acetylenes is 1. The van der Waals surface area contributed by atoms with Crippen molar-refractivity contribution in [2.75, 3.05) is 6.61 Å². The van der Waals surface area contributed by atoms with Crippen LogP contribution < -0.4 is 0 Å². The minimum Gasteiger partial charge on any atom is -0.390 e. The second kappa shape index (κ2) is 4.31. The van der Waals surface area contributed by atoms with Crippen molar-refractivity contribution in [3.05, 3.63) is 0 Å². The predicted molar refractivity (Wildman–Crippen MR) is 51.7 cm³/mol. The third kappa shape index (κ3) is 1.93. The van der Waals surface area contributed by atoms with E-state index in [1.54, 1.807) is 0 Å². The van der Waals surface area contributed by atoms with Gasteiger partial charge in [0.1, 0.15) is 0 Å². The van der Waals surface area contributed by atoms with Gasteiger partial charge in [0.15, 0.2) is 0 Å². The number of aliphatic hydroxyl groups excluding tert-OH is 1. The predicted octanol–water partition coefficient (Wildman–Crippen LogP) is 0.707. The molecule has 2 fully saturated rings. The Kier molecular flexibility index (Phi) is 3.07. The average molecular weight is 196 g/mol. The van der Waals surface area contributed by atoms with Gasteiger partial charge in [0.25, 0.3) is 0 Å². The van der Waals surface area contributed by atoms with E-state index in [9.17, 15) is 5.11 Å². The normalized spacial score (nSPS) is 42.6. The van der Waals surface area contributed by atoms with Crippen molar-refractivity contribution in [2.24, 2.45) is 0 Å². The van der Waals surface area contributed by atoms with Crippen LogP contribution >= 0.6 is 0 Å². The van der Waals surface area contributed by atoms with Gasteiger partial charge in [-0.25, -0.2) is 0 Å². The molecule has 1 N–H and O–H groups in total. The number of ether oxygens (including phenoxy) is 2. The van der Waals surface area contributed by atoms with Crippen LogP contribution in [0.1, 0.15) is 25.7 Å². The largest absolute Gasteiger partial charge is 0.390 e. The van der Waals surface area contributed by atoms with Crippen molar-refractivity contribution >= 4 is 0 Å². The molecule has 0 aliphatic carbocycles. The lowest BCUT2D eigenvalue weighted by molar-refractivity contribution is -0.199. The Labute approximate surface area is 84.4 Å². The van der Waals surface area contributed by atoms with Gasteiger partial charge in [-0.3, -0.25) is 0 Å². The maximum atomic E-state index is 9.74. The standard InChI is InChI=1S/C11H16O3/c1-2-4-9-8(12)7-11-10(14-9)5-3-6-13-11/h1,8-12H,3-7H2/t8-,9+,10-,11+/m0/s1. The van der Waals surface area contributed by atoms with Gasteiger partial charge in [-0.05, 0) is 12.8 Å². The highest BCUT2D eigenvalue weighted by atomic mass is 16.6. The summed E-state index contributed by atoms with van der Waals surface area (Å²) in [6.07, 6.45) is 8.00. The summed E-state index contributed by atoms with van der Waals surface area (Å²) in [7, 11) is 0. The average Bonchev–Trinajstić information content (AvgIpc) is 2.19. The molecule has 78 valence electrons. The lowest BCUT2D eigenvalue weighted by atomic mass is 9.93. The summed E-state index contributed by atoms with van der Waals surface area (Å²) in [4.78, 5) is 0. The molecule has 0 saturated carbocycles. The molecule has 0 unspecified atom stereocenters. The molecule has 0 radical (unpaired) electrons. The second-order valence-corrected chi connectivity index (χ2v) is 3.98. The highest BCUT2D eigenvalue weighted by Crippen LogP contribution is 2.29. The van der Waals surface area contributed by atoms with Gasteiger partial charge in [0.05, 0.1) is 24.4 Å². The smallest absolute Gasteiger partial charge is 0.0948 e. The Morgan fingerprint density at radius 3 is 3.07 bits per heavy atom. The van der Waals surface area contributed by atoms with Crippen LogP contribution in [-0.2, 0) is 9.47 Å². The quantitative estimate of drug-likeness (QED) is 0.628. The van der Waals surface area contributed by atoms with Crippen LogP contribution in [0.3, 0.4) is 0 Å². The minimum absolute atomic E-state index is 0.0766. The van der Waals surface area contributed by atoms with E-state index in [0.717, 1.165) is 19.4 Å². The summed E-state index contributed by atoms with van der Waals surface area (Å²) < 4.78 is 11.3. The SMILES string of the molecule is C#CC[C@H]1O[C@H]2CCCO[C@@H]2C[C@@H]1O. The fraction of sp³-hybridized carbons (Fsp3) is 0.818. The Balaban J connectivity index is 1.96. The first-order valence-corrected chi connectivity index (χ1v) is 5.20. The molecule has 2 aliphatic heterocycles. The monoisotopic (exact) mass is 196 g/mol. The van der Waals surface area contributed by atoms with Crippen LogP contribution in [0.2, 0.25) is 0 Å². The molecule has 2 saturated heterocycles. The topological polar surface area (TPSA) is 38.7 Å². The molecule has 0 aromatic heterocycles. The van der Waals surface area contributed by atoms with Gasteiger partial charge < -0.3 is 14.6 Å². The summed E-state index contributed by atoms with van der Waals surface area (Å²) >= 11 is 0. The molecule has 2 heterocycles. The number of fused-ring (bicyclic) bond motifs is 1. The van der Waals surface area contributed by atoms with E-state index in [4.69, 9.17) is 15.9 Å². The lowest BCUT2D eigenvalue weighted by Crippen LogP contribution is -2.49. The van der Waals surface area contributed by atoms with E-state index < -0.39 is 6.10 Å². The van der Waals surface area contributed by atoms with Crippen molar-refractivity contribution in [3.63, 3.8) is 0 Å². The van der Waals surface area contributed by atoms with E-state index in [1.165, 1.54) is 0 Å². The maximum absolute atomic E-state index is 9.74. The summed E-state index contributed by atoms with van der Waals surface area (Å²) in [6, 6.07) is 0.